The summed E-state index contributed by atoms with van der Waals surface area (Å²) in [6.07, 6.45) is 3.31. The summed E-state index contributed by atoms with van der Waals surface area (Å²) in [7, 11) is 0. The molecule has 0 bridgehead atoms. The maximum Gasteiger partial charge on any atom is 0.251 e. The van der Waals surface area contributed by atoms with Gasteiger partial charge in [0, 0.05) is 17.6 Å². The predicted molar refractivity (Wildman–Crippen MR) is 73.5 cm³/mol. The fourth-order valence-electron chi connectivity index (χ4n) is 2.50. The molecule has 0 radical (unpaired) electrons. The van der Waals surface area contributed by atoms with E-state index >= 15 is 0 Å². The van der Waals surface area contributed by atoms with Gasteiger partial charge in [-0.25, -0.2) is 4.39 Å². The van der Waals surface area contributed by atoms with Gasteiger partial charge in [-0.15, -0.1) is 0 Å². The van der Waals surface area contributed by atoms with E-state index in [1.807, 2.05) is 0 Å². The number of hydrogen-bond acceptors (Lipinski definition) is 3. The van der Waals surface area contributed by atoms with E-state index in [0.29, 0.717) is 12.1 Å². The van der Waals surface area contributed by atoms with Crippen molar-refractivity contribution in [3.8, 4) is 0 Å². The molecule has 2 rings (SSSR count). The Bertz CT molecular complexity index is 533. The van der Waals surface area contributed by atoms with Gasteiger partial charge in [0.2, 0.25) is 5.91 Å². The number of rotatable bonds is 3. The van der Waals surface area contributed by atoms with Crippen LogP contribution in [-0.4, -0.2) is 17.9 Å². The van der Waals surface area contributed by atoms with Crippen LogP contribution in [0.15, 0.2) is 18.2 Å². The van der Waals surface area contributed by atoms with Crippen molar-refractivity contribution in [1.29, 1.82) is 0 Å². The van der Waals surface area contributed by atoms with E-state index in [1.165, 1.54) is 12.1 Å². The van der Waals surface area contributed by atoms with Gasteiger partial charge in [-0.1, -0.05) is 6.42 Å². The molecule has 1 aliphatic carbocycles. The average molecular weight is 279 g/mol. The molecule has 5 nitrogen and oxygen atoms in total. The first-order chi connectivity index (χ1) is 9.47. The Labute approximate surface area is 116 Å². The highest BCUT2D eigenvalue weighted by atomic mass is 19.1. The van der Waals surface area contributed by atoms with Crippen LogP contribution in [0.3, 0.4) is 0 Å². The lowest BCUT2D eigenvalue weighted by Gasteiger charge is -2.25. The van der Waals surface area contributed by atoms with Crippen LogP contribution in [-0.2, 0) is 4.79 Å². The van der Waals surface area contributed by atoms with E-state index in [-0.39, 0.29) is 23.4 Å². The van der Waals surface area contributed by atoms with Crippen molar-refractivity contribution in [2.24, 2.45) is 17.4 Å². The van der Waals surface area contributed by atoms with Gasteiger partial charge in [-0.05, 0) is 37.5 Å². The molecule has 1 aliphatic rings. The SMILES string of the molecule is NC(=O)c1cc(NC(=O)C2CCCC(N)C2)ccc1F. The van der Waals surface area contributed by atoms with Crippen LogP contribution < -0.4 is 16.8 Å². The molecule has 0 heterocycles. The zero-order chi connectivity index (χ0) is 14.7. The van der Waals surface area contributed by atoms with Gasteiger partial charge in [0.15, 0.2) is 0 Å². The maximum absolute atomic E-state index is 13.3. The monoisotopic (exact) mass is 279 g/mol. The zero-order valence-electron chi connectivity index (χ0n) is 11.1. The number of carbonyl (C=O) groups excluding carboxylic acids is 2. The molecule has 1 saturated carbocycles. The van der Waals surface area contributed by atoms with Crippen LogP contribution in [0.4, 0.5) is 10.1 Å². The molecule has 108 valence electrons. The highest BCUT2D eigenvalue weighted by Gasteiger charge is 2.25. The largest absolute Gasteiger partial charge is 0.366 e. The first-order valence-corrected chi connectivity index (χ1v) is 6.63. The first-order valence-electron chi connectivity index (χ1n) is 6.63. The van der Waals surface area contributed by atoms with Gasteiger partial charge in [0.25, 0.3) is 5.91 Å². The summed E-state index contributed by atoms with van der Waals surface area (Å²) in [4.78, 5) is 23.2. The Morgan fingerprint density at radius 2 is 2.05 bits per heavy atom. The Kier molecular flexibility index (Phi) is 4.34. The molecule has 6 heteroatoms. The van der Waals surface area contributed by atoms with Gasteiger partial charge in [-0.3, -0.25) is 9.59 Å². The summed E-state index contributed by atoms with van der Waals surface area (Å²) >= 11 is 0. The molecular formula is C14H18FN3O2. The van der Waals surface area contributed by atoms with Crippen LogP contribution in [0, 0.1) is 11.7 Å². The van der Waals surface area contributed by atoms with Gasteiger partial charge in [-0.2, -0.15) is 0 Å². The van der Waals surface area contributed by atoms with Crippen molar-refractivity contribution in [2.75, 3.05) is 5.32 Å². The molecule has 0 spiro atoms. The highest BCUT2D eigenvalue weighted by Crippen LogP contribution is 2.25. The number of nitrogens with two attached hydrogens (primary N) is 2. The fourth-order valence-corrected chi connectivity index (χ4v) is 2.50. The van der Waals surface area contributed by atoms with Crippen LogP contribution >= 0.6 is 0 Å². The minimum atomic E-state index is -0.863. The zero-order valence-corrected chi connectivity index (χ0v) is 11.1. The topological polar surface area (TPSA) is 98.2 Å². The predicted octanol–water partition coefficient (Wildman–Crippen LogP) is 1.38. The maximum atomic E-state index is 13.3. The standard InChI is InChI=1S/C14H18FN3O2/c15-12-5-4-10(7-11(12)13(17)19)18-14(20)8-2-1-3-9(16)6-8/h4-5,7-9H,1-3,6,16H2,(H2,17,19)(H,18,20). The second-order valence-corrected chi connectivity index (χ2v) is 5.17. The van der Waals surface area contributed by atoms with Crippen LogP contribution in [0.5, 0.6) is 0 Å². The first kappa shape index (κ1) is 14.5. The third-order valence-corrected chi connectivity index (χ3v) is 3.58. The molecule has 5 N–H and O–H groups in total. The molecule has 0 saturated heterocycles. The third kappa shape index (κ3) is 3.33. The molecule has 2 unspecified atom stereocenters. The quantitative estimate of drug-likeness (QED) is 0.779. The van der Waals surface area contributed by atoms with Crippen LogP contribution in [0.1, 0.15) is 36.0 Å². The van der Waals surface area contributed by atoms with Crippen molar-refractivity contribution in [3.63, 3.8) is 0 Å². The second kappa shape index (κ2) is 6.00. The number of carbonyl (C=O) groups is 2. The van der Waals surface area contributed by atoms with Crippen LogP contribution in [0.25, 0.3) is 0 Å². The molecule has 0 aliphatic heterocycles. The Hall–Kier alpha value is -1.95. The van der Waals surface area contributed by atoms with E-state index in [0.717, 1.165) is 25.3 Å². The van der Waals surface area contributed by atoms with Gasteiger partial charge in [0.05, 0.1) is 5.56 Å². The van der Waals surface area contributed by atoms with E-state index in [2.05, 4.69) is 5.32 Å². The Morgan fingerprint density at radius 3 is 2.70 bits per heavy atom. The van der Waals surface area contributed by atoms with E-state index in [4.69, 9.17) is 11.5 Å². The normalized spacial score (nSPS) is 22.3. The minimum Gasteiger partial charge on any atom is -0.366 e. The molecule has 1 fully saturated rings. The molecule has 0 aromatic heterocycles. The minimum absolute atomic E-state index is 0.0499. The van der Waals surface area contributed by atoms with Gasteiger partial charge < -0.3 is 16.8 Å². The number of nitrogens with one attached hydrogen (secondary N) is 1. The number of anilines is 1. The summed E-state index contributed by atoms with van der Waals surface area (Å²) in [6, 6.07) is 3.82. The Morgan fingerprint density at radius 1 is 1.30 bits per heavy atom. The van der Waals surface area contributed by atoms with Crippen molar-refractivity contribution in [3.05, 3.63) is 29.6 Å². The summed E-state index contributed by atoms with van der Waals surface area (Å²) in [6.45, 7) is 0. The van der Waals surface area contributed by atoms with Crippen LogP contribution in [0.2, 0.25) is 0 Å². The molecule has 1 aromatic carbocycles. The summed E-state index contributed by atoms with van der Waals surface area (Å²) in [5.41, 5.74) is 11.0. The number of hydrogen-bond donors (Lipinski definition) is 3. The van der Waals surface area contributed by atoms with E-state index in [9.17, 15) is 14.0 Å². The average Bonchev–Trinajstić information content (AvgIpc) is 2.40. The van der Waals surface area contributed by atoms with E-state index < -0.39 is 11.7 Å². The van der Waals surface area contributed by atoms with Crippen molar-refractivity contribution >= 4 is 17.5 Å². The Balaban J connectivity index is 2.07. The van der Waals surface area contributed by atoms with Crippen molar-refractivity contribution in [1.82, 2.24) is 0 Å². The third-order valence-electron chi connectivity index (χ3n) is 3.58. The van der Waals surface area contributed by atoms with E-state index in [1.54, 1.807) is 0 Å². The second-order valence-electron chi connectivity index (χ2n) is 5.17. The summed E-state index contributed by atoms with van der Waals surface area (Å²) in [5.74, 6) is -1.85. The lowest BCUT2D eigenvalue weighted by molar-refractivity contribution is -0.120. The molecular weight excluding hydrogens is 261 g/mol. The number of halogens is 1. The molecule has 2 atom stereocenters. The molecule has 20 heavy (non-hydrogen) atoms. The molecule has 1 aromatic rings. The lowest BCUT2D eigenvalue weighted by Crippen LogP contribution is -2.34. The lowest BCUT2D eigenvalue weighted by atomic mass is 9.85. The fraction of sp³-hybridized carbons (Fsp3) is 0.429. The van der Waals surface area contributed by atoms with Gasteiger partial charge >= 0.3 is 0 Å². The summed E-state index contributed by atoms with van der Waals surface area (Å²) in [5, 5.41) is 2.69. The smallest absolute Gasteiger partial charge is 0.251 e. The van der Waals surface area contributed by atoms with Crippen molar-refractivity contribution < 1.29 is 14.0 Å². The summed E-state index contributed by atoms with van der Waals surface area (Å²) < 4.78 is 13.3. The molecule has 2 amide bonds. The number of amides is 2. The number of primary amides is 1. The number of benzene rings is 1. The van der Waals surface area contributed by atoms with Gasteiger partial charge in [0.1, 0.15) is 5.82 Å². The highest BCUT2D eigenvalue weighted by molar-refractivity contribution is 5.97. The van der Waals surface area contributed by atoms with Crippen molar-refractivity contribution in [2.45, 2.75) is 31.7 Å².